The molecular weight excluding hydrogens is 433 g/mol. The van der Waals surface area contributed by atoms with Crippen LogP contribution in [0.3, 0.4) is 0 Å². The minimum Gasteiger partial charge on any atom is -0.304 e. The lowest BCUT2D eigenvalue weighted by Gasteiger charge is -2.24. The van der Waals surface area contributed by atoms with Gasteiger partial charge in [0.25, 0.3) is 0 Å². The van der Waals surface area contributed by atoms with E-state index in [1.54, 1.807) is 24.3 Å². The van der Waals surface area contributed by atoms with Crippen molar-refractivity contribution in [2.45, 2.75) is 33.2 Å². The van der Waals surface area contributed by atoms with Gasteiger partial charge in [0.2, 0.25) is 5.91 Å². The van der Waals surface area contributed by atoms with Crippen LogP contribution in [0.2, 0.25) is 5.02 Å². The number of rotatable bonds is 7. The number of hydrogen-bond donors (Lipinski definition) is 0. The van der Waals surface area contributed by atoms with Crippen LogP contribution in [0.4, 0.5) is 15.8 Å². The van der Waals surface area contributed by atoms with Crippen LogP contribution >= 0.6 is 11.6 Å². The van der Waals surface area contributed by atoms with Gasteiger partial charge in [0.05, 0.1) is 28.5 Å². The van der Waals surface area contributed by atoms with Gasteiger partial charge in [0, 0.05) is 12.6 Å². The number of aromatic nitrogens is 3. The van der Waals surface area contributed by atoms with Crippen molar-refractivity contribution >= 4 is 28.9 Å². The number of aryl methyl sites for hydroxylation is 1. The molecule has 7 nitrogen and oxygen atoms in total. The first kappa shape index (κ1) is 22.2. The summed E-state index contributed by atoms with van der Waals surface area (Å²) in [5.74, 6) is -0.536. The number of amides is 1. The monoisotopic (exact) mass is 457 g/mol. The molecule has 0 spiro atoms. The highest BCUT2D eigenvalue weighted by molar-refractivity contribution is 6.34. The number of carbonyl (C=O) groups is 1. The fraction of sp³-hybridized carbons (Fsp3) is 0.348. The second-order valence-electron chi connectivity index (χ2n) is 7.63. The summed E-state index contributed by atoms with van der Waals surface area (Å²) >= 11 is 6.35. The second-order valence-corrected chi connectivity index (χ2v) is 8.04. The molecule has 1 amide bonds. The highest BCUT2D eigenvalue weighted by Crippen LogP contribution is 2.37. The fourth-order valence-corrected chi connectivity index (χ4v) is 4.27. The molecule has 0 fully saturated rings. The standard InChI is InChI=1S/C23H25ClFN5O2/c1-3-27(4-2)12-7-13-28-23(32)30-19-11-10-16(25)14-20(19)29(22(31)15-21(30)26-28)18-9-6-5-8-17(18)24/h5-6,8-11,14H,3-4,7,12-13,15H2,1-2H3. The molecule has 0 N–H and O–H groups in total. The van der Waals surface area contributed by atoms with Crippen molar-refractivity contribution in [3.63, 3.8) is 0 Å². The average molecular weight is 458 g/mol. The highest BCUT2D eigenvalue weighted by Gasteiger charge is 2.31. The van der Waals surface area contributed by atoms with Gasteiger partial charge in [-0.15, -0.1) is 0 Å². The number of benzene rings is 2. The summed E-state index contributed by atoms with van der Waals surface area (Å²) in [5, 5.41) is 4.81. The lowest BCUT2D eigenvalue weighted by Crippen LogP contribution is -2.29. The molecule has 168 valence electrons. The zero-order chi connectivity index (χ0) is 22.8. The summed E-state index contributed by atoms with van der Waals surface area (Å²) < 4.78 is 17.0. The Morgan fingerprint density at radius 2 is 1.81 bits per heavy atom. The highest BCUT2D eigenvalue weighted by atomic mass is 35.5. The third-order valence-electron chi connectivity index (χ3n) is 5.72. The minimum absolute atomic E-state index is 0.111. The van der Waals surface area contributed by atoms with Gasteiger partial charge in [-0.2, -0.15) is 5.10 Å². The van der Waals surface area contributed by atoms with Crippen LogP contribution in [0.1, 0.15) is 26.1 Å². The molecule has 0 atom stereocenters. The van der Waals surface area contributed by atoms with Gasteiger partial charge in [-0.3, -0.25) is 9.69 Å². The smallest absolute Gasteiger partial charge is 0.304 e. The molecule has 9 heteroatoms. The summed E-state index contributed by atoms with van der Waals surface area (Å²) in [7, 11) is 0. The van der Waals surface area contributed by atoms with Gasteiger partial charge in [-0.1, -0.05) is 37.6 Å². The van der Waals surface area contributed by atoms with Crippen molar-refractivity contribution in [3.05, 3.63) is 69.6 Å². The zero-order valence-electron chi connectivity index (χ0n) is 18.1. The Morgan fingerprint density at radius 1 is 1.06 bits per heavy atom. The number of nitrogens with zero attached hydrogens (tertiary/aromatic N) is 5. The van der Waals surface area contributed by atoms with Gasteiger partial charge < -0.3 is 4.90 Å². The lowest BCUT2D eigenvalue weighted by molar-refractivity contribution is -0.117. The van der Waals surface area contributed by atoms with E-state index in [-0.39, 0.29) is 23.7 Å². The largest absolute Gasteiger partial charge is 0.350 e. The second kappa shape index (κ2) is 9.26. The van der Waals surface area contributed by atoms with Crippen molar-refractivity contribution in [1.29, 1.82) is 0 Å². The van der Waals surface area contributed by atoms with E-state index in [9.17, 15) is 14.0 Å². The Balaban J connectivity index is 1.77. The van der Waals surface area contributed by atoms with Gasteiger partial charge >= 0.3 is 5.69 Å². The third-order valence-corrected chi connectivity index (χ3v) is 6.04. The number of carbonyl (C=O) groups excluding carboxylic acids is 1. The van der Waals surface area contributed by atoms with E-state index < -0.39 is 5.82 Å². The van der Waals surface area contributed by atoms with Gasteiger partial charge in [0.15, 0.2) is 0 Å². The van der Waals surface area contributed by atoms with E-state index in [0.717, 1.165) is 26.1 Å². The molecule has 2 aromatic carbocycles. The van der Waals surface area contributed by atoms with Crippen LogP contribution in [-0.4, -0.2) is 44.8 Å². The van der Waals surface area contributed by atoms with Crippen LogP contribution in [-0.2, 0) is 17.8 Å². The Hall–Kier alpha value is -2.97. The van der Waals surface area contributed by atoms with E-state index in [4.69, 9.17) is 11.6 Å². The van der Waals surface area contributed by atoms with E-state index in [2.05, 4.69) is 23.8 Å². The van der Waals surface area contributed by atoms with Crippen LogP contribution < -0.4 is 10.6 Å². The Morgan fingerprint density at radius 3 is 2.53 bits per heavy atom. The molecule has 1 aliphatic rings. The van der Waals surface area contributed by atoms with Crippen molar-refractivity contribution < 1.29 is 9.18 Å². The van der Waals surface area contributed by atoms with Crippen LogP contribution in [0.5, 0.6) is 0 Å². The molecule has 0 saturated carbocycles. The average Bonchev–Trinajstić information content (AvgIpc) is 3.01. The number of anilines is 2. The SMILES string of the molecule is CCN(CC)CCCn1nc2n(c1=O)-c1ccc(F)cc1N(c1ccccc1Cl)C(=O)C2. The normalized spacial score (nSPS) is 13.3. The van der Waals surface area contributed by atoms with Gasteiger partial charge in [-0.05, 0) is 50.3 Å². The number of halogens is 2. The maximum absolute atomic E-state index is 14.3. The molecule has 0 radical (unpaired) electrons. The van der Waals surface area contributed by atoms with Crippen molar-refractivity contribution in [2.24, 2.45) is 0 Å². The minimum atomic E-state index is -0.517. The Kier molecular flexibility index (Phi) is 6.43. The first-order valence-electron chi connectivity index (χ1n) is 10.7. The Bertz CT molecular complexity index is 1200. The summed E-state index contributed by atoms with van der Waals surface area (Å²) in [6.07, 6.45) is 0.647. The lowest BCUT2D eigenvalue weighted by atomic mass is 10.2. The number of para-hydroxylation sites is 1. The van der Waals surface area contributed by atoms with E-state index >= 15 is 0 Å². The maximum Gasteiger partial charge on any atom is 0.350 e. The van der Waals surface area contributed by atoms with Crippen LogP contribution in [0.15, 0.2) is 47.3 Å². The van der Waals surface area contributed by atoms with Crippen molar-refractivity contribution in [3.8, 4) is 5.69 Å². The molecule has 0 saturated heterocycles. The van der Waals surface area contributed by atoms with Crippen molar-refractivity contribution in [1.82, 2.24) is 19.2 Å². The molecule has 2 heterocycles. The summed E-state index contributed by atoms with van der Waals surface area (Å²) in [6, 6.07) is 10.9. The zero-order valence-corrected chi connectivity index (χ0v) is 18.8. The van der Waals surface area contributed by atoms with Crippen LogP contribution in [0.25, 0.3) is 5.69 Å². The van der Waals surface area contributed by atoms with E-state index in [1.165, 1.54) is 32.3 Å². The molecule has 0 unspecified atom stereocenters. The molecule has 3 aromatic rings. The molecule has 0 bridgehead atoms. The molecule has 32 heavy (non-hydrogen) atoms. The molecule has 4 rings (SSSR count). The quantitative estimate of drug-likeness (QED) is 0.541. The topological polar surface area (TPSA) is 63.4 Å². The Labute approximate surface area is 190 Å². The van der Waals surface area contributed by atoms with Crippen molar-refractivity contribution in [2.75, 3.05) is 24.5 Å². The van der Waals surface area contributed by atoms with Crippen LogP contribution in [0, 0.1) is 5.82 Å². The first-order valence-corrected chi connectivity index (χ1v) is 11.1. The van der Waals surface area contributed by atoms with E-state index in [0.29, 0.717) is 28.8 Å². The van der Waals surface area contributed by atoms with Gasteiger partial charge in [0.1, 0.15) is 11.6 Å². The van der Waals surface area contributed by atoms with E-state index in [1.807, 2.05) is 0 Å². The summed E-state index contributed by atoms with van der Waals surface area (Å²) in [4.78, 5) is 30.2. The molecular formula is C23H25ClFN5O2. The predicted octanol–water partition coefficient (Wildman–Crippen LogP) is 3.78. The predicted molar refractivity (Wildman–Crippen MR) is 122 cm³/mol. The fourth-order valence-electron chi connectivity index (χ4n) is 4.05. The maximum atomic E-state index is 14.3. The number of fused-ring (bicyclic) bond motifs is 3. The van der Waals surface area contributed by atoms with Gasteiger partial charge in [-0.25, -0.2) is 18.4 Å². The third kappa shape index (κ3) is 4.08. The summed E-state index contributed by atoms with van der Waals surface area (Å²) in [6.45, 7) is 7.37. The molecule has 0 aliphatic carbocycles. The molecule has 1 aromatic heterocycles. The molecule has 1 aliphatic heterocycles. The first-order chi connectivity index (χ1) is 15.4. The number of hydrogen-bond acceptors (Lipinski definition) is 4. The summed E-state index contributed by atoms with van der Waals surface area (Å²) in [5.41, 5.74) is 0.733.